The van der Waals surface area contributed by atoms with Crippen molar-refractivity contribution in [2.45, 2.75) is 65.0 Å². The molecule has 1 aromatic heterocycles. The molecule has 1 unspecified atom stereocenters. The zero-order valence-electron chi connectivity index (χ0n) is 16.5. The van der Waals surface area contributed by atoms with E-state index in [2.05, 4.69) is 42.5 Å². The Balaban J connectivity index is 2.11. The van der Waals surface area contributed by atoms with Crippen LogP contribution in [0.25, 0.3) is 10.9 Å². The van der Waals surface area contributed by atoms with Gasteiger partial charge in [-0.05, 0) is 88.4 Å². The van der Waals surface area contributed by atoms with Gasteiger partial charge in [0, 0.05) is 22.7 Å². The molecule has 1 atom stereocenters. The highest BCUT2D eigenvalue weighted by Gasteiger charge is 2.32. The molecule has 4 heteroatoms. The Morgan fingerprint density at radius 3 is 2.58 bits per heavy atom. The van der Waals surface area contributed by atoms with Gasteiger partial charge in [-0.2, -0.15) is 0 Å². The monoisotopic (exact) mass is 357 g/mol. The first-order valence-electron chi connectivity index (χ1n) is 10.0. The number of aryl methyl sites for hydroxylation is 1. The van der Waals surface area contributed by atoms with Gasteiger partial charge in [0.25, 0.3) is 0 Å². The number of benzene rings is 1. The zero-order valence-corrected chi connectivity index (χ0v) is 16.5. The fourth-order valence-electron chi connectivity index (χ4n) is 4.08. The van der Waals surface area contributed by atoms with Gasteiger partial charge in [-0.1, -0.05) is 13.8 Å². The number of pyridine rings is 1. The van der Waals surface area contributed by atoms with Crippen molar-refractivity contribution >= 4 is 10.9 Å². The number of nitrogens with one attached hydrogen (secondary N) is 2. The second-order valence-corrected chi connectivity index (χ2v) is 7.99. The van der Waals surface area contributed by atoms with E-state index >= 15 is 0 Å². The summed E-state index contributed by atoms with van der Waals surface area (Å²) < 4.78 is 14.0. The van der Waals surface area contributed by atoms with Crippen molar-refractivity contribution in [3.05, 3.63) is 41.3 Å². The molecule has 0 amide bonds. The van der Waals surface area contributed by atoms with Crippen LogP contribution in [0.4, 0.5) is 4.39 Å². The molecule has 3 rings (SSSR count). The Morgan fingerprint density at radius 1 is 1.23 bits per heavy atom. The van der Waals surface area contributed by atoms with Crippen LogP contribution in [-0.4, -0.2) is 23.6 Å². The molecule has 0 bridgehead atoms. The van der Waals surface area contributed by atoms with Crippen LogP contribution < -0.4 is 10.6 Å². The second kappa shape index (κ2) is 8.01. The molecule has 1 aliphatic heterocycles. The van der Waals surface area contributed by atoms with E-state index in [1.807, 2.05) is 6.92 Å². The van der Waals surface area contributed by atoms with Gasteiger partial charge in [0.05, 0.1) is 5.52 Å². The van der Waals surface area contributed by atoms with E-state index in [0.717, 1.165) is 55.4 Å². The lowest BCUT2D eigenvalue weighted by Crippen LogP contribution is -2.47. The summed E-state index contributed by atoms with van der Waals surface area (Å²) >= 11 is 0. The van der Waals surface area contributed by atoms with Crippen LogP contribution in [0.5, 0.6) is 0 Å². The van der Waals surface area contributed by atoms with Crippen molar-refractivity contribution in [1.29, 1.82) is 0 Å². The van der Waals surface area contributed by atoms with Crippen molar-refractivity contribution in [3.63, 3.8) is 0 Å². The minimum Gasteiger partial charge on any atom is -0.317 e. The molecule has 1 saturated heterocycles. The first-order chi connectivity index (χ1) is 12.5. The minimum atomic E-state index is -0.192. The molecular weight excluding hydrogens is 325 g/mol. The first-order valence-corrected chi connectivity index (χ1v) is 10.0. The average Bonchev–Trinajstić information content (AvgIpc) is 2.66. The van der Waals surface area contributed by atoms with E-state index < -0.39 is 0 Å². The maximum Gasteiger partial charge on any atom is 0.123 e. The predicted molar refractivity (Wildman–Crippen MR) is 107 cm³/mol. The van der Waals surface area contributed by atoms with E-state index in [1.54, 1.807) is 12.1 Å². The lowest BCUT2D eigenvalue weighted by atomic mass is 9.82. The van der Waals surface area contributed by atoms with Gasteiger partial charge in [-0.15, -0.1) is 0 Å². The van der Waals surface area contributed by atoms with E-state index in [9.17, 15) is 4.39 Å². The van der Waals surface area contributed by atoms with Crippen LogP contribution in [0.15, 0.2) is 24.3 Å². The van der Waals surface area contributed by atoms with Gasteiger partial charge >= 0.3 is 0 Å². The van der Waals surface area contributed by atoms with Gasteiger partial charge in [-0.3, -0.25) is 4.98 Å². The van der Waals surface area contributed by atoms with Crippen LogP contribution >= 0.6 is 0 Å². The number of aromatic nitrogens is 1. The molecule has 1 fully saturated rings. The van der Waals surface area contributed by atoms with E-state index in [-0.39, 0.29) is 17.4 Å². The Labute approximate surface area is 156 Å². The van der Waals surface area contributed by atoms with Gasteiger partial charge in [0.2, 0.25) is 0 Å². The molecule has 0 saturated carbocycles. The Morgan fingerprint density at radius 2 is 1.92 bits per heavy atom. The van der Waals surface area contributed by atoms with Crippen LogP contribution in [-0.2, 0) is 0 Å². The van der Waals surface area contributed by atoms with E-state index in [1.165, 1.54) is 11.6 Å². The van der Waals surface area contributed by atoms with Gasteiger partial charge < -0.3 is 10.6 Å². The Kier molecular flexibility index (Phi) is 5.93. The van der Waals surface area contributed by atoms with Crippen molar-refractivity contribution < 1.29 is 4.39 Å². The largest absolute Gasteiger partial charge is 0.317 e. The fourth-order valence-corrected chi connectivity index (χ4v) is 4.08. The summed E-state index contributed by atoms with van der Waals surface area (Å²) in [7, 11) is 0. The molecule has 1 aromatic carbocycles. The van der Waals surface area contributed by atoms with Gasteiger partial charge in [-0.25, -0.2) is 4.39 Å². The number of rotatable bonds is 6. The van der Waals surface area contributed by atoms with E-state index in [4.69, 9.17) is 0 Å². The molecule has 0 radical (unpaired) electrons. The summed E-state index contributed by atoms with van der Waals surface area (Å²) in [6.07, 6.45) is 4.42. The second-order valence-electron chi connectivity index (χ2n) is 7.99. The van der Waals surface area contributed by atoms with Crippen LogP contribution in [0.2, 0.25) is 0 Å². The molecule has 142 valence electrons. The summed E-state index contributed by atoms with van der Waals surface area (Å²) in [6.45, 7) is 10.9. The quantitative estimate of drug-likeness (QED) is 0.773. The molecule has 2 aromatic rings. The molecule has 3 nitrogen and oxygen atoms in total. The Hall–Kier alpha value is -1.52. The molecule has 1 aliphatic rings. The average molecular weight is 358 g/mol. The zero-order chi connectivity index (χ0) is 18.7. The Bertz CT molecular complexity index is 748. The summed E-state index contributed by atoms with van der Waals surface area (Å²) in [4.78, 5) is 4.63. The smallest absolute Gasteiger partial charge is 0.123 e. The van der Waals surface area contributed by atoms with Gasteiger partial charge in [0.1, 0.15) is 5.82 Å². The molecule has 2 N–H and O–H groups in total. The first kappa shape index (κ1) is 19.2. The predicted octanol–water partition coefficient (Wildman–Crippen LogP) is 4.89. The summed E-state index contributed by atoms with van der Waals surface area (Å²) in [5.41, 5.74) is 3.16. The van der Waals surface area contributed by atoms with Crippen molar-refractivity contribution in [2.75, 3.05) is 13.1 Å². The summed E-state index contributed by atoms with van der Waals surface area (Å²) in [6, 6.07) is 7.34. The minimum absolute atomic E-state index is 0.0758. The third kappa shape index (κ3) is 4.07. The topological polar surface area (TPSA) is 37.0 Å². The van der Waals surface area contributed by atoms with Crippen LogP contribution in [0, 0.1) is 18.7 Å². The number of fused-ring (bicyclic) bond motifs is 1. The summed E-state index contributed by atoms with van der Waals surface area (Å²) in [5, 5.41) is 8.39. The maximum absolute atomic E-state index is 14.0. The number of piperidine rings is 1. The molecular formula is C22H32FN3. The van der Waals surface area contributed by atoms with Gasteiger partial charge in [0.15, 0.2) is 0 Å². The lowest BCUT2D eigenvalue weighted by molar-refractivity contribution is 0.211. The molecule has 2 heterocycles. The van der Waals surface area contributed by atoms with Crippen LogP contribution in [0.1, 0.15) is 63.8 Å². The van der Waals surface area contributed by atoms with Crippen molar-refractivity contribution in [3.8, 4) is 0 Å². The highest BCUT2D eigenvalue weighted by molar-refractivity contribution is 5.83. The number of hydrogen-bond acceptors (Lipinski definition) is 3. The standard InChI is InChI=1S/C22H32FN3/c1-5-22(4,6-2)26-21(16-9-11-24-12-10-16)19-13-15(3)25-20-8-7-17(23)14-18(19)20/h7-8,13-14,16,21,24,26H,5-6,9-12H2,1-4H3. The number of hydrogen-bond donors (Lipinski definition) is 2. The highest BCUT2D eigenvalue weighted by atomic mass is 19.1. The van der Waals surface area contributed by atoms with Crippen molar-refractivity contribution in [2.24, 2.45) is 5.92 Å². The molecule has 0 aliphatic carbocycles. The highest BCUT2D eigenvalue weighted by Crippen LogP contribution is 2.36. The van der Waals surface area contributed by atoms with E-state index in [0.29, 0.717) is 5.92 Å². The van der Waals surface area contributed by atoms with Crippen molar-refractivity contribution in [1.82, 2.24) is 15.6 Å². The third-order valence-corrected chi connectivity index (χ3v) is 6.19. The molecule has 0 spiro atoms. The van der Waals surface area contributed by atoms with Crippen LogP contribution in [0.3, 0.4) is 0 Å². The fraction of sp³-hybridized carbons (Fsp3) is 0.591. The molecule has 26 heavy (non-hydrogen) atoms. The normalized spacial score (nSPS) is 17.6. The lowest BCUT2D eigenvalue weighted by Gasteiger charge is -2.40. The summed E-state index contributed by atoms with van der Waals surface area (Å²) in [5.74, 6) is 0.351. The number of halogens is 1. The third-order valence-electron chi connectivity index (χ3n) is 6.19. The maximum atomic E-state index is 14.0. The number of nitrogens with zero attached hydrogens (tertiary/aromatic N) is 1. The SMILES string of the molecule is CCC(C)(CC)NC(c1cc(C)nc2ccc(F)cc12)C1CCNCC1.